The minimum Gasteiger partial charge on any atom is -0.338 e. The summed E-state index contributed by atoms with van der Waals surface area (Å²) in [6.45, 7) is 0. The van der Waals surface area contributed by atoms with Gasteiger partial charge in [-0.2, -0.15) is 0 Å². The molecule has 1 aliphatic heterocycles. The van der Waals surface area contributed by atoms with Crippen molar-refractivity contribution in [2.24, 2.45) is 0 Å². The summed E-state index contributed by atoms with van der Waals surface area (Å²) < 4.78 is 23.2. The van der Waals surface area contributed by atoms with Crippen molar-refractivity contribution in [2.45, 2.75) is 12.5 Å². The second-order valence-corrected chi connectivity index (χ2v) is 7.98. The number of amides is 1. The lowest BCUT2D eigenvalue weighted by atomic mass is 10.1. The molecule has 21 heavy (non-hydrogen) atoms. The van der Waals surface area contributed by atoms with E-state index in [1.54, 1.807) is 0 Å². The molecule has 7 nitrogen and oxygen atoms in total. The monoisotopic (exact) mass is 376 g/mol. The molecule has 1 amide bonds. The Hall–Kier alpha value is -1.48. The van der Waals surface area contributed by atoms with E-state index in [0.717, 1.165) is 0 Å². The van der Waals surface area contributed by atoms with E-state index in [4.69, 9.17) is 0 Å². The van der Waals surface area contributed by atoms with Crippen LogP contribution in [0.25, 0.3) is 0 Å². The fraction of sp³-hybridized carbons (Fsp3) is 0.417. The van der Waals surface area contributed by atoms with E-state index >= 15 is 0 Å². The first-order chi connectivity index (χ1) is 9.71. The van der Waals surface area contributed by atoms with Gasteiger partial charge in [0.25, 0.3) is 11.6 Å². The number of sulfone groups is 1. The number of hydrogen-bond donors (Lipinski definition) is 0. The molecule has 1 saturated heterocycles. The Balaban J connectivity index is 2.24. The molecule has 0 spiro atoms. The van der Waals surface area contributed by atoms with E-state index in [2.05, 4.69) is 15.9 Å². The van der Waals surface area contributed by atoms with E-state index in [-0.39, 0.29) is 33.3 Å². The van der Waals surface area contributed by atoms with Crippen molar-refractivity contribution in [1.29, 1.82) is 0 Å². The number of halogens is 1. The molecule has 0 bridgehead atoms. The van der Waals surface area contributed by atoms with Gasteiger partial charge in [0.1, 0.15) is 0 Å². The molecular formula is C12H13BrN2O5S. The lowest BCUT2D eigenvalue weighted by Gasteiger charge is -2.23. The third-order valence-electron chi connectivity index (χ3n) is 3.47. The summed E-state index contributed by atoms with van der Waals surface area (Å²) >= 11 is 3.05. The Bertz CT molecular complexity index is 704. The van der Waals surface area contributed by atoms with Crippen molar-refractivity contribution in [3.63, 3.8) is 0 Å². The van der Waals surface area contributed by atoms with Crippen LogP contribution in [0.4, 0.5) is 5.69 Å². The molecule has 0 N–H and O–H groups in total. The molecular weight excluding hydrogens is 364 g/mol. The summed E-state index contributed by atoms with van der Waals surface area (Å²) in [5.41, 5.74) is -0.0370. The van der Waals surface area contributed by atoms with Crippen molar-refractivity contribution in [3.8, 4) is 0 Å². The van der Waals surface area contributed by atoms with Gasteiger partial charge in [-0.15, -0.1) is 0 Å². The predicted molar refractivity (Wildman–Crippen MR) is 79.9 cm³/mol. The van der Waals surface area contributed by atoms with Crippen LogP contribution < -0.4 is 0 Å². The number of carbonyl (C=O) groups is 1. The number of nitro groups is 1. The molecule has 0 aromatic heterocycles. The second-order valence-electron chi connectivity index (χ2n) is 4.90. The zero-order valence-electron chi connectivity index (χ0n) is 11.2. The molecule has 1 aliphatic rings. The standard InChI is InChI=1S/C12H13BrN2O5S/c1-14(9-4-5-21(19,20)7-9)12(16)8-2-3-10(13)11(6-8)15(17)18/h2-3,6,9H,4-5,7H2,1H3. The third kappa shape index (κ3) is 3.41. The molecule has 2 rings (SSSR count). The predicted octanol–water partition coefficient (Wildman–Crippen LogP) is 1.62. The third-order valence-corrected chi connectivity index (χ3v) is 5.89. The number of nitrogens with zero attached hydrogens (tertiary/aromatic N) is 2. The van der Waals surface area contributed by atoms with Crippen LogP contribution in [0.15, 0.2) is 22.7 Å². The summed E-state index contributed by atoms with van der Waals surface area (Å²) in [6, 6.07) is 3.71. The average Bonchev–Trinajstić information content (AvgIpc) is 2.77. The Labute approximate surface area is 130 Å². The van der Waals surface area contributed by atoms with E-state index in [1.165, 1.54) is 30.1 Å². The van der Waals surface area contributed by atoms with Crippen molar-refractivity contribution in [2.75, 3.05) is 18.6 Å². The van der Waals surface area contributed by atoms with Crippen molar-refractivity contribution in [3.05, 3.63) is 38.3 Å². The minimum absolute atomic E-state index is 0.0616. The second kappa shape index (κ2) is 5.72. The Morgan fingerprint density at radius 2 is 2.14 bits per heavy atom. The lowest BCUT2D eigenvalue weighted by Crippen LogP contribution is -2.37. The highest BCUT2D eigenvalue weighted by Gasteiger charge is 2.33. The van der Waals surface area contributed by atoms with Crippen LogP contribution >= 0.6 is 15.9 Å². The molecule has 1 fully saturated rings. The molecule has 1 aromatic rings. The van der Waals surface area contributed by atoms with Gasteiger partial charge in [-0.3, -0.25) is 14.9 Å². The lowest BCUT2D eigenvalue weighted by molar-refractivity contribution is -0.385. The van der Waals surface area contributed by atoms with Crippen LogP contribution in [0.5, 0.6) is 0 Å². The van der Waals surface area contributed by atoms with E-state index in [1.807, 2.05) is 0 Å². The molecule has 9 heteroatoms. The van der Waals surface area contributed by atoms with Gasteiger partial charge in [0.2, 0.25) is 0 Å². The SMILES string of the molecule is CN(C(=O)c1ccc(Br)c([N+](=O)[O-])c1)C1CCS(=O)(=O)C1. The fourth-order valence-electron chi connectivity index (χ4n) is 2.24. The number of rotatable bonds is 3. The van der Waals surface area contributed by atoms with Crippen LogP contribution in [0.1, 0.15) is 16.8 Å². The summed E-state index contributed by atoms with van der Waals surface area (Å²) in [7, 11) is -1.58. The Morgan fingerprint density at radius 1 is 1.48 bits per heavy atom. The maximum atomic E-state index is 12.3. The summed E-state index contributed by atoms with van der Waals surface area (Å²) in [5, 5.41) is 10.9. The van der Waals surface area contributed by atoms with E-state index in [9.17, 15) is 23.3 Å². The zero-order chi connectivity index (χ0) is 15.8. The summed E-state index contributed by atoms with van der Waals surface area (Å²) in [5.74, 6) is -0.420. The molecule has 1 unspecified atom stereocenters. The van der Waals surface area contributed by atoms with Gasteiger partial charge in [-0.05, 0) is 34.5 Å². The van der Waals surface area contributed by atoms with Gasteiger partial charge < -0.3 is 4.90 Å². The van der Waals surface area contributed by atoms with Crippen LogP contribution in [0, 0.1) is 10.1 Å². The minimum atomic E-state index is -3.09. The van der Waals surface area contributed by atoms with E-state index < -0.39 is 20.7 Å². The zero-order valence-corrected chi connectivity index (χ0v) is 13.6. The van der Waals surface area contributed by atoms with Crippen molar-refractivity contribution >= 4 is 37.4 Å². The summed E-state index contributed by atoms with van der Waals surface area (Å²) in [4.78, 5) is 24.0. The number of nitro benzene ring substituents is 1. The fourth-order valence-corrected chi connectivity index (χ4v) is 4.40. The Kier molecular flexibility index (Phi) is 4.33. The molecule has 1 aromatic carbocycles. The molecule has 0 aliphatic carbocycles. The smallest absolute Gasteiger partial charge is 0.284 e. The summed E-state index contributed by atoms with van der Waals surface area (Å²) in [6.07, 6.45) is 0.392. The van der Waals surface area contributed by atoms with Gasteiger partial charge in [-0.25, -0.2) is 8.42 Å². The molecule has 1 atom stereocenters. The maximum Gasteiger partial charge on any atom is 0.284 e. The van der Waals surface area contributed by atoms with Gasteiger partial charge >= 0.3 is 0 Å². The highest BCUT2D eigenvalue weighted by atomic mass is 79.9. The molecule has 1 heterocycles. The van der Waals surface area contributed by atoms with Gasteiger partial charge in [0, 0.05) is 24.7 Å². The maximum absolute atomic E-state index is 12.3. The van der Waals surface area contributed by atoms with Crippen LogP contribution in [0.2, 0.25) is 0 Å². The molecule has 0 radical (unpaired) electrons. The molecule has 114 valence electrons. The average molecular weight is 377 g/mol. The van der Waals surface area contributed by atoms with Crippen LogP contribution in [-0.2, 0) is 9.84 Å². The van der Waals surface area contributed by atoms with Crippen LogP contribution in [-0.4, -0.2) is 48.7 Å². The largest absolute Gasteiger partial charge is 0.338 e. The first-order valence-electron chi connectivity index (χ1n) is 6.13. The normalized spacial score (nSPS) is 20.2. The van der Waals surface area contributed by atoms with Gasteiger partial charge in [0.15, 0.2) is 9.84 Å². The first kappa shape index (κ1) is 15.9. The van der Waals surface area contributed by atoms with Gasteiger partial charge in [0.05, 0.1) is 20.9 Å². The topological polar surface area (TPSA) is 97.6 Å². The number of carbonyl (C=O) groups excluding carboxylic acids is 1. The highest BCUT2D eigenvalue weighted by molar-refractivity contribution is 9.10. The van der Waals surface area contributed by atoms with Crippen LogP contribution in [0.3, 0.4) is 0 Å². The number of benzene rings is 1. The van der Waals surface area contributed by atoms with Gasteiger partial charge in [-0.1, -0.05) is 0 Å². The quantitative estimate of drug-likeness (QED) is 0.589. The van der Waals surface area contributed by atoms with Crippen molar-refractivity contribution in [1.82, 2.24) is 4.90 Å². The molecule has 0 saturated carbocycles. The number of hydrogen-bond acceptors (Lipinski definition) is 5. The van der Waals surface area contributed by atoms with Crippen molar-refractivity contribution < 1.29 is 18.1 Å². The first-order valence-corrected chi connectivity index (χ1v) is 8.74. The van der Waals surface area contributed by atoms with E-state index in [0.29, 0.717) is 6.42 Å². The highest BCUT2D eigenvalue weighted by Crippen LogP contribution is 2.27. The Morgan fingerprint density at radius 3 is 2.67 bits per heavy atom.